The summed E-state index contributed by atoms with van der Waals surface area (Å²) in [5.74, 6) is 0.0438. The van der Waals surface area contributed by atoms with Gasteiger partial charge in [-0.25, -0.2) is 9.78 Å². The highest BCUT2D eigenvalue weighted by atomic mass is 32.1. The molecule has 148 valence electrons. The van der Waals surface area contributed by atoms with Crippen molar-refractivity contribution < 1.29 is 14.3 Å². The first kappa shape index (κ1) is 18.1. The Morgan fingerprint density at radius 2 is 1.90 bits per heavy atom. The van der Waals surface area contributed by atoms with E-state index in [4.69, 9.17) is 4.74 Å². The Hall–Kier alpha value is -2.93. The Labute approximate surface area is 172 Å². The van der Waals surface area contributed by atoms with Gasteiger partial charge in [-0.1, -0.05) is 30.3 Å². The van der Waals surface area contributed by atoms with Gasteiger partial charge >= 0.3 is 6.09 Å². The molecule has 0 bridgehead atoms. The molecule has 0 N–H and O–H groups in total. The minimum atomic E-state index is -0.251. The number of thiazole rings is 1. The van der Waals surface area contributed by atoms with E-state index in [2.05, 4.69) is 4.98 Å². The van der Waals surface area contributed by atoms with Crippen molar-refractivity contribution in [3.05, 3.63) is 65.2 Å². The highest BCUT2D eigenvalue weighted by Crippen LogP contribution is 2.33. The monoisotopic (exact) mass is 407 g/mol. The summed E-state index contributed by atoms with van der Waals surface area (Å²) in [6, 6.07) is 15.7. The zero-order valence-corrected chi connectivity index (χ0v) is 16.7. The van der Waals surface area contributed by atoms with E-state index in [0.29, 0.717) is 25.3 Å². The molecule has 2 aromatic carbocycles. The summed E-state index contributed by atoms with van der Waals surface area (Å²) in [6.07, 6.45) is 1.26. The molecule has 0 saturated carbocycles. The van der Waals surface area contributed by atoms with Crippen LogP contribution in [0.5, 0.6) is 0 Å². The van der Waals surface area contributed by atoms with Gasteiger partial charge in [-0.2, -0.15) is 0 Å². The fourth-order valence-corrected chi connectivity index (χ4v) is 5.00. The van der Waals surface area contributed by atoms with Crippen LogP contribution in [-0.2, 0) is 4.74 Å². The van der Waals surface area contributed by atoms with E-state index in [1.54, 1.807) is 16.8 Å². The van der Waals surface area contributed by atoms with Crippen LogP contribution in [0.3, 0.4) is 0 Å². The van der Waals surface area contributed by atoms with Crippen LogP contribution in [0.4, 0.5) is 4.79 Å². The number of carbonyl (C=O) groups is 2. The molecule has 2 aliphatic rings. The number of amides is 2. The summed E-state index contributed by atoms with van der Waals surface area (Å²) in [4.78, 5) is 33.4. The number of carbonyl (C=O) groups excluding carboxylic acids is 2. The van der Waals surface area contributed by atoms with Crippen molar-refractivity contribution >= 4 is 33.6 Å². The highest BCUT2D eigenvalue weighted by molar-refractivity contribution is 7.16. The predicted molar refractivity (Wildman–Crippen MR) is 111 cm³/mol. The van der Waals surface area contributed by atoms with Crippen molar-refractivity contribution in [1.82, 2.24) is 14.8 Å². The van der Waals surface area contributed by atoms with Crippen molar-refractivity contribution in [2.45, 2.75) is 24.9 Å². The fraction of sp³-hybridized carbons (Fsp3) is 0.318. The summed E-state index contributed by atoms with van der Waals surface area (Å²) < 4.78 is 6.39. The van der Waals surface area contributed by atoms with E-state index >= 15 is 0 Å². The van der Waals surface area contributed by atoms with Crippen LogP contribution in [0.2, 0.25) is 0 Å². The van der Waals surface area contributed by atoms with Gasteiger partial charge in [0.2, 0.25) is 0 Å². The summed E-state index contributed by atoms with van der Waals surface area (Å²) in [7, 11) is 0. The van der Waals surface area contributed by atoms with Gasteiger partial charge in [-0.05, 0) is 36.6 Å². The van der Waals surface area contributed by atoms with E-state index in [1.165, 1.54) is 0 Å². The number of piperidine rings is 1. The fourth-order valence-electron chi connectivity index (χ4n) is 4.29. The molecular weight excluding hydrogens is 386 g/mol. The van der Waals surface area contributed by atoms with Gasteiger partial charge in [0.05, 0.1) is 21.8 Å². The van der Waals surface area contributed by atoms with Crippen LogP contribution in [0.25, 0.3) is 10.2 Å². The molecule has 1 unspecified atom stereocenters. The third kappa shape index (κ3) is 3.35. The average molecular weight is 407 g/mol. The second kappa shape index (κ2) is 7.48. The molecule has 6 nitrogen and oxygen atoms in total. The Balaban J connectivity index is 1.28. The molecule has 3 aromatic rings. The number of fused-ring (bicyclic) bond motifs is 1. The molecule has 0 radical (unpaired) electrons. The second-order valence-corrected chi connectivity index (χ2v) is 8.36. The van der Waals surface area contributed by atoms with E-state index in [1.807, 2.05) is 58.3 Å². The zero-order valence-electron chi connectivity index (χ0n) is 15.9. The van der Waals surface area contributed by atoms with Gasteiger partial charge < -0.3 is 9.64 Å². The van der Waals surface area contributed by atoms with E-state index in [9.17, 15) is 9.59 Å². The van der Waals surface area contributed by atoms with Crippen molar-refractivity contribution in [2.24, 2.45) is 0 Å². The molecule has 2 fully saturated rings. The van der Waals surface area contributed by atoms with Gasteiger partial charge in [0.25, 0.3) is 5.91 Å². The van der Waals surface area contributed by atoms with Crippen molar-refractivity contribution in [3.8, 4) is 0 Å². The largest absolute Gasteiger partial charge is 0.447 e. The summed E-state index contributed by atoms with van der Waals surface area (Å²) >= 11 is 1.54. The number of cyclic esters (lactones) is 1. The first-order valence-corrected chi connectivity index (χ1v) is 10.7. The van der Waals surface area contributed by atoms with Gasteiger partial charge in [0, 0.05) is 24.7 Å². The number of hydrogen-bond acceptors (Lipinski definition) is 5. The quantitative estimate of drug-likeness (QED) is 0.656. The van der Waals surface area contributed by atoms with Gasteiger partial charge in [-0.3, -0.25) is 9.69 Å². The van der Waals surface area contributed by atoms with Crippen LogP contribution in [-0.4, -0.2) is 52.5 Å². The highest BCUT2D eigenvalue weighted by Gasteiger charge is 2.40. The molecule has 1 aromatic heterocycles. The van der Waals surface area contributed by atoms with Gasteiger partial charge in [0.1, 0.15) is 6.61 Å². The minimum Gasteiger partial charge on any atom is -0.447 e. The first-order valence-electron chi connectivity index (χ1n) is 9.83. The molecule has 1 atom stereocenters. The summed E-state index contributed by atoms with van der Waals surface area (Å²) in [6.45, 7) is 1.65. The van der Waals surface area contributed by atoms with Crippen molar-refractivity contribution in [2.75, 3.05) is 19.7 Å². The summed E-state index contributed by atoms with van der Waals surface area (Å²) in [5.41, 5.74) is 4.50. The lowest BCUT2D eigenvalue weighted by Crippen LogP contribution is -2.47. The molecular formula is C22H21N3O3S. The van der Waals surface area contributed by atoms with Crippen molar-refractivity contribution in [1.29, 1.82) is 0 Å². The number of benzene rings is 2. The normalized spacial score (nSPS) is 20.3. The maximum Gasteiger partial charge on any atom is 0.410 e. The molecule has 2 amide bonds. The van der Waals surface area contributed by atoms with E-state index in [0.717, 1.165) is 28.6 Å². The Morgan fingerprint density at radius 1 is 1.10 bits per heavy atom. The number of ether oxygens (including phenoxy) is 1. The average Bonchev–Trinajstić information content (AvgIpc) is 3.40. The first-order chi connectivity index (χ1) is 14.2. The Kier molecular flexibility index (Phi) is 4.67. The SMILES string of the molecule is O=C(c1ccc2ncsc2c1)N1CCC(N2C(=O)OCC2c2ccccc2)CC1. The van der Waals surface area contributed by atoms with E-state index in [-0.39, 0.29) is 24.1 Å². The molecule has 29 heavy (non-hydrogen) atoms. The number of hydrogen-bond donors (Lipinski definition) is 0. The number of rotatable bonds is 3. The van der Waals surface area contributed by atoms with Crippen molar-refractivity contribution in [3.63, 3.8) is 0 Å². The topological polar surface area (TPSA) is 62.7 Å². The Morgan fingerprint density at radius 3 is 2.69 bits per heavy atom. The van der Waals surface area contributed by atoms with Gasteiger partial charge in [-0.15, -0.1) is 11.3 Å². The van der Waals surface area contributed by atoms with Crippen LogP contribution >= 0.6 is 11.3 Å². The lowest BCUT2D eigenvalue weighted by atomic mass is 9.98. The molecule has 3 heterocycles. The maximum atomic E-state index is 12.9. The Bertz CT molecular complexity index is 1040. The zero-order chi connectivity index (χ0) is 19.8. The molecule has 2 saturated heterocycles. The number of aromatic nitrogens is 1. The van der Waals surface area contributed by atoms with Crippen LogP contribution < -0.4 is 0 Å². The van der Waals surface area contributed by atoms with E-state index < -0.39 is 0 Å². The smallest absolute Gasteiger partial charge is 0.410 e. The molecule has 2 aliphatic heterocycles. The summed E-state index contributed by atoms with van der Waals surface area (Å²) in [5, 5.41) is 0. The lowest BCUT2D eigenvalue weighted by Gasteiger charge is -2.38. The minimum absolute atomic E-state index is 0.0438. The van der Waals surface area contributed by atoms with Crippen LogP contribution in [0.1, 0.15) is 34.8 Å². The molecule has 0 spiro atoms. The molecule has 5 rings (SSSR count). The second-order valence-electron chi connectivity index (χ2n) is 7.47. The number of nitrogens with zero attached hydrogens (tertiary/aromatic N) is 3. The molecule has 0 aliphatic carbocycles. The van der Waals surface area contributed by atoms with Crippen LogP contribution in [0, 0.1) is 0 Å². The third-order valence-electron chi connectivity index (χ3n) is 5.82. The third-order valence-corrected chi connectivity index (χ3v) is 6.61. The molecule has 7 heteroatoms. The van der Waals surface area contributed by atoms with Gasteiger partial charge in [0.15, 0.2) is 0 Å². The predicted octanol–water partition coefficient (Wildman–Crippen LogP) is 4.09. The van der Waals surface area contributed by atoms with Crippen LogP contribution in [0.15, 0.2) is 54.0 Å². The standard InChI is InChI=1S/C22H21N3O3S/c26-21(16-6-7-18-20(12-16)29-14-23-18)24-10-8-17(9-11-24)25-19(13-28-22(25)27)15-4-2-1-3-5-15/h1-7,12,14,17,19H,8-11,13H2. The number of likely N-dealkylation sites (tertiary alicyclic amines) is 1. The maximum absolute atomic E-state index is 12.9. The lowest BCUT2D eigenvalue weighted by molar-refractivity contribution is 0.0636.